The highest BCUT2D eigenvalue weighted by Gasteiger charge is 2.39. The Bertz CT molecular complexity index is 875. The van der Waals surface area contributed by atoms with Gasteiger partial charge in [-0.2, -0.15) is 4.31 Å². The molecule has 6 nitrogen and oxygen atoms in total. The van der Waals surface area contributed by atoms with Gasteiger partial charge in [-0.3, -0.25) is 4.79 Å². The van der Waals surface area contributed by atoms with E-state index in [-0.39, 0.29) is 5.91 Å². The van der Waals surface area contributed by atoms with E-state index in [0.29, 0.717) is 30.1 Å². The van der Waals surface area contributed by atoms with E-state index in [1.807, 2.05) is 31.2 Å². The fraction of sp³-hybridized carbons (Fsp3) is 0.389. The second kappa shape index (κ2) is 7.77. The number of benzene rings is 1. The van der Waals surface area contributed by atoms with Crippen molar-refractivity contribution >= 4 is 27.3 Å². The Balaban J connectivity index is 1.68. The molecule has 8 heteroatoms. The molecule has 2 heterocycles. The smallest absolute Gasteiger partial charge is 0.253 e. The molecule has 1 atom stereocenters. The Morgan fingerprint density at radius 1 is 1.27 bits per heavy atom. The molecule has 0 saturated carbocycles. The number of carbonyl (C=O) groups is 1. The maximum Gasteiger partial charge on any atom is 0.253 e. The molecule has 0 spiro atoms. The number of nitrogens with zero attached hydrogens (tertiary/aromatic N) is 1. The average Bonchev–Trinajstić information content (AvgIpc) is 3.30. The molecule has 1 aromatic carbocycles. The van der Waals surface area contributed by atoms with E-state index in [4.69, 9.17) is 4.74 Å². The SMILES string of the molecule is COc1ccc(CNC(=O)[C@H]2CCCN2S(=O)(=O)c2ccc(C)s2)cc1. The zero-order valence-electron chi connectivity index (χ0n) is 14.8. The molecule has 0 unspecified atom stereocenters. The van der Waals surface area contributed by atoms with Crippen LogP contribution < -0.4 is 10.1 Å². The summed E-state index contributed by atoms with van der Waals surface area (Å²) in [5, 5.41) is 2.85. The number of methoxy groups -OCH3 is 1. The second-order valence-corrected chi connectivity index (χ2v) is 9.61. The van der Waals surface area contributed by atoms with Crippen LogP contribution in [0.25, 0.3) is 0 Å². The maximum atomic E-state index is 12.8. The predicted molar refractivity (Wildman–Crippen MR) is 101 cm³/mol. The molecule has 1 amide bonds. The van der Waals surface area contributed by atoms with Crippen molar-refractivity contribution in [2.24, 2.45) is 0 Å². The number of aryl methyl sites for hydroxylation is 1. The zero-order chi connectivity index (χ0) is 18.7. The van der Waals surface area contributed by atoms with Crippen molar-refractivity contribution in [3.8, 4) is 5.75 Å². The molecule has 3 rings (SSSR count). The summed E-state index contributed by atoms with van der Waals surface area (Å²) in [5.41, 5.74) is 0.931. The van der Waals surface area contributed by atoms with Gasteiger partial charge in [-0.05, 0) is 49.6 Å². The summed E-state index contributed by atoms with van der Waals surface area (Å²) >= 11 is 1.24. The molecule has 140 valence electrons. The highest BCUT2D eigenvalue weighted by atomic mass is 32.2. The number of amides is 1. The Hall–Kier alpha value is -1.90. The Kier molecular flexibility index (Phi) is 5.64. The molecule has 2 aromatic rings. The van der Waals surface area contributed by atoms with Crippen LogP contribution in [0.5, 0.6) is 5.75 Å². The fourth-order valence-electron chi connectivity index (χ4n) is 3.01. The summed E-state index contributed by atoms with van der Waals surface area (Å²) in [5.74, 6) is 0.495. The number of hydrogen-bond acceptors (Lipinski definition) is 5. The summed E-state index contributed by atoms with van der Waals surface area (Å²) in [7, 11) is -2.03. The molecular weight excluding hydrogens is 372 g/mol. The summed E-state index contributed by atoms with van der Waals surface area (Å²) in [6.07, 6.45) is 1.22. The van der Waals surface area contributed by atoms with Gasteiger partial charge in [-0.1, -0.05) is 12.1 Å². The van der Waals surface area contributed by atoms with Crippen LogP contribution in [0.2, 0.25) is 0 Å². The highest BCUT2D eigenvalue weighted by Crippen LogP contribution is 2.30. The van der Waals surface area contributed by atoms with E-state index in [0.717, 1.165) is 16.2 Å². The quantitative estimate of drug-likeness (QED) is 0.817. The molecule has 26 heavy (non-hydrogen) atoms. The number of hydrogen-bond donors (Lipinski definition) is 1. The molecule has 0 radical (unpaired) electrons. The van der Waals surface area contributed by atoms with Crippen molar-refractivity contribution in [3.05, 3.63) is 46.8 Å². The van der Waals surface area contributed by atoms with E-state index < -0.39 is 16.1 Å². The van der Waals surface area contributed by atoms with Crippen LogP contribution in [0.15, 0.2) is 40.6 Å². The Morgan fingerprint density at radius 2 is 2.00 bits per heavy atom. The molecule has 1 aliphatic heterocycles. The van der Waals surface area contributed by atoms with Gasteiger partial charge < -0.3 is 10.1 Å². The number of rotatable bonds is 6. The van der Waals surface area contributed by atoms with E-state index in [2.05, 4.69) is 5.32 Å². The maximum absolute atomic E-state index is 12.8. The summed E-state index contributed by atoms with van der Waals surface area (Å²) in [6.45, 7) is 2.60. The minimum Gasteiger partial charge on any atom is -0.497 e. The average molecular weight is 395 g/mol. The monoisotopic (exact) mass is 394 g/mol. The first-order chi connectivity index (χ1) is 12.4. The van der Waals surface area contributed by atoms with Crippen LogP contribution in [0, 0.1) is 6.92 Å². The first-order valence-electron chi connectivity index (χ1n) is 8.41. The number of ether oxygens (including phenoxy) is 1. The van der Waals surface area contributed by atoms with Crippen molar-refractivity contribution < 1.29 is 17.9 Å². The lowest BCUT2D eigenvalue weighted by Crippen LogP contribution is -2.45. The van der Waals surface area contributed by atoms with Gasteiger partial charge in [0.05, 0.1) is 7.11 Å². The molecular formula is C18H22N2O4S2. The molecule has 1 fully saturated rings. The third-order valence-electron chi connectivity index (χ3n) is 4.41. The third-order valence-corrected chi connectivity index (χ3v) is 7.79. The molecule has 1 aliphatic rings. The van der Waals surface area contributed by atoms with Gasteiger partial charge in [-0.15, -0.1) is 11.3 Å². The minimum atomic E-state index is -3.63. The fourth-order valence-corrected chi connectivity index (χ4v) is 6.08. The van der Waals surface area contributed by atoms with E-state index >= 15 is 0 Å². The van der Waals surface area contributed by atoms with Gasteiger partial charge in [-0.25, -0.2) is 8.42 Å². The number of thiophene rings is 1. The Morgan fingerprint density at radius 3 is 2.62 bits per heavy atom. The topological polar surface area (TPSA) is 75.7 Å². The van der Waals surface area contributed by atoms with Crippen molar-refractivity contribution in [1.29, 1.82) is 0 Å². The van der Waals surface area contributed by atoms with Gasteiger partial charge >= 0.3 is 0 Å². The first-order valence-corrected chi connectivity index (χ1v) is 10.7. The van der Waals surface area contributed by atoms with E-state index in [1.165, 1.54) is 15.6 Å². The van der Waals surface area contributed by atoms with Crippen LogP contribution in [-0.2, 0) is 21.4 Å². The van der Waals surface area contributed by atoms with Gasteiger partial charge in [0.25, 0.3) is 10.0 Å². The van der Waals surface area contributed by atoms with Crippen molar-refractivity contribution in [3.63, 3.8) is 0 Å². The minimum absolute atomic E-state index is 0.254. The standard InChI is InChI=1S/C18H22N2O4S2/c1-13-5-10-17(25-13)26(22,23)20-11-3-4-16(20)18(21)19-12-14-6-8-15(24-2)9-7-14/h5-10,16H,3-4,11-12H2,1-2H3,(H,19,21)/t16-/m1/s1. The molecule has 1 N–H and O–H groups in total. The molecule has 1 aromatic heterocycles. The van der Waals surface area contributed by atoms with Crippen LogP contribution in [0.3, 0.4) is 0 Å². The van der Waals surface area contributed by atoms with Gasteiger partial charge in [0.15, 0.2) is 0 Å². The van der Waals surface area contributed by atoms with Crippen molar-refractivity contribution in [2.45, 2.75) is 36.6 Å². The van der Waals surface area contributed by atoms with E-state index in [1.54, 1.807) is 19.2 Å². The lowest BCUT2D eigenvalue weighted by atomic mass is 10.2. The summed E-state index contributed by atoms with van der Waals surface area (Å²) in [4.78, 5) is 13.5. The van der Waals surface area contributed by atoms with Crippen LogP contribution in [-0.4, -0.2) is 38.3 Å². The number of sulfonamides is 1. The highest BCUT2D eigenvalue weighted by molar-refractivity contribution is 7.91. The normalized spacial score (nSPS) is 18.0. The zero-order valence-corrected chi connectivity index (χ0v) is 16.4. The largest absolute Gasteiger partial charge is 0.497 e. The third kappa shape index (κ3) is 3.92. The lowest BCUT2D eigenvalue weighted by Gasteiger charge is -2.22. The number of nitrogens with one attached hydrogen (secondary N) is 1. The molecule has 1 saturated heterocycles. The van der Waals surface area contributed by atoms with Gasteiger partial charge in [0.2, 0.25) is 5.91 Å². The van der Waals surface area contributed by atoms with E-state index in [9.17, 15) is 13.2 Å². The van der Waals surface area contributed by atoms with Gasteiger partial charge in [0, 0.05) is 18.0 Å². The molecule has 0 aliphatic carbocycles. The second-order valence-electron chi connectivity index (χ2n) is 6.20. The predicted octanol–water partition coefficient (Wildman–Crippen LogP) is 2.53. The summed E-state index contributed by atoms with van der Waals surface area (Å²) in [6, 6.07) is 10.1. The number of carbonyl (C=O) groups excluding carboxylic acids is 1. The first kappa shape index (κ1) is 18.9. The lowest BCUT2D eigenvalue weighted by molar-refractivity contribution is -0.124. The van der Waals surface area contributed by atoms with Crippen LogP contribution >= 0.6 is 11.3 Å². The molecule has 0 bridgehead atoms. The van der Waals surface area contributed by atoms with Crippen molar-refractivity contribution in [2.75, 3.05) is 13.7 Å². The van der Waals surface area contributed by atoms with Crippen molar-refractivity contribution in [1.82, 2.24) is 9.62 Å². The van der Waals surface area contributed by atoms with Crippen LogP contribution in [0.4, 0.5) is 0 Å². The van der Waals surface area contributed by atoms with Crippen LogP contribution in [0.1, 0.15) is 23.3 Å². The van der Waals surface area contributed by atoms with Gasteiger partial charge in [0.1, 0.15) is 16.0 Å². The summed E-state index contributed by atoms with van der Waals surface area (Å²) < 4.78 is 32.4. The Labute approximate surface area is 157 Å².